The largest absolute Gasteiger partial charge is 0.151 e. The van der Waals surface area contributed by atoms with Crippen LogP contribution in [0.2, 0.25) is 0 Å². The molecule has 0 aromatic heterocycles. The molecule has 0 aliphatic rings. The van der Waals surface area contributed by atoms with E-state index in [1.807, 2.05) is 0 Å². The van der Waals surface area contributed by atoms with Gasteiger partial charge in [0.2, 0.25) is 0 Å². The van der Waals surface area contributed by atoms with Gasteiger partial charge >= 0.3 is 0 Å². The van der Waals surface area contributed by atoms with E-state index in [2.05, 4.69) is 25.6 Å². The first kappa shape index (κ1) is 21.3. The van der Waals surface area contributed by atoms with E-state index in [0.717, 1.165) is 19.3 Å². The van der Waals surface area contributed by atoms with Crippen LogP contribution < -0.4 is 0 Å². The molecule has 0 aliphatic heterocycles. The Kier molecular flexibility index (Phi) is 16.2. The zero-order chi connectivity index (χ0) is 16.5. The fourth-order valence-corrected chi connectivity index (χ4v) is 2.98. The lowest BCUT2D eigenvalue weighted by Gasteiger charge is -2.07. The molecule has 1 unspecified atom stereocenters. The minimum absolute atomic E-state index is 0.0786. The standard InChI is InChI=1S/C20H39NO/c1-4-16-20(21-22)18-15-13-11-9-7-5-6-8-10-12-14-17-19(2)3/h20H,2,4-18H2,1,3H3. The van der Waals surface area contributed by atoms with Gasteiger partial charge in [0, 0.05) is 0 Å². The number of unbranched alkanes of at least 4 members (excludes halogenated alkanes) is 10. The Bertz CT molecular complexity index is 262. The average molecular weight is 310 g/mol. The molecule has 0 aromatic rings. The molecule has 0 heterocycles. The molecule has 0 fully saturated rings. The van der Waals surface area contributed by atoms with E-state index in [1.54, 1.807) is 0 Å². The fraction of sp³-hybridized carbons (Fsp3) is 0.900. The molecule has 0 saturated heterocycles. The maximum Gasteiger partial charge on any atom is 0.0919 e. The Hall–Kier alpha value is -0.660. The number of rotatable bonds is 17. The highest BCUT2D eigenvalue weighted by molar-refractivity contribution is 4.86. The summed E-state index contributed by atoms with van der Waals surface area (Å²) in [5.41, 5.74) is 1.32. The zero-order valence-electron chi connectivity index (χ0n) is 15.2. The summed E-state index contributed by atoms with van der Waals surface area (Å²) in [7, 11) is 0. The molecule has 0 rings (SSSR count). The molecule has 22 heavy (non-hydrogen) atoms. The van der Waals surface area contributed by atoms with Crippen molar-refractivity contribution in [3.63, 3.8) is 0 Å². The first-order chi connectivity index (χ1) is 10.7. The van der Waals surface area contributed by atoms with Gasteiger partial charge in [-0.1, -0.05) is 88.3 Å². The molecule has 0 radical (unpaired) electrons. The summed E-state index contributed by atoms with van der Waals surface area (Å²) in [6, 6.07) is 0.0786. The minimum atomic E-state index is 0.0786. The van der Waals surface area contributed by atoms with Crippen LogP contribution in [-0.2, 0) is 0 Å². The van der Waals surface area contributed by atoms with Crippen LogP contribution in [0.25, 0.3) is 0 Å². The van der Waals surface area contributed by atoms with Crippen molar-refractivity contribution < 1.29 is 0 Å². The molecule has 0 bridgehead atoms. The highest BCUT2D eigenvalue weighted by atomic mass is 16.3. The second-order valence-electron chi connectivity index (χ2n) is 6.93. The van der Waals surface area contributed by atoms with Gasteiger partial charge in [0.25, 0.3) is 0 Å². The molecule has 130 valence electrons. The predicted octanol–water partition coefficient (Wildman–Crippen LogP) is 7.57. The lowest BCUT2D eigenvalue weighted by atomic mass is 10.0. The Morgan fingerprint density at radius 3 is 1.68 bits per heavy atom. The van der Waals surface area contributed by atoms with Crippen LogP contribution >= 0.6 is 0 Å². The van der Waals surface area contributed by atoms with Gasteiger partial charge in [-0.15, -0.1) is 6.58 Å². The molecule has 0 amide bonds. The van der Waals surface area contributed by atoms with E-state index < -0.39 is 0 Å². The van der Waals surface area contributed by atoms with Gasteiger partial charge in [0.15, 0.2) is 0 Å². The van der Waals surface area contributed by atoms with E-state index >= 15 is 0 Å². The van der Waals surface area contributed by atoms with Crippen molar-refractivity contribution >= 4 is 0 Å². The predicted molar refractivity (Wildman–Crippen MR) is 99.3 cm³/mol. The molecule has 2 nitrogen and oxygen atoms in total. The molecule has 2 heteroatoms. The maximum absolute atomic E-state index is 10.6. The molecule has 0 spiro atoms. The molecular formula is C20H39NO. The van der Waals surface area contributed by atoms with Crippen molar-refractivity contribution in [1.82, 2.24) is 0 Å². The Balaban J connectivity index is 3.14. The quantitative estimate of drug-likeness (QED) is 0.155. The van der Waals surface area contributed by atoms with Gasteiger partial charge < -0.3 is 0 Å². The Labute approximate surface area is 139 Å². The third kappa shape index (κ3) is 15.7. The fourth-order valence-electron chi connectivity index (χ4n) is 2.98. The van der Waals surface area contributed by atoms with Gasteiger partial charge in [0.1, 0.15) is 0 Å². The highest BCUT2D eigenvalue weighted by Crippen LogP contribution is 2.15. The monoisotopic (exact) mass is 309 g/mol. The molecule has 0 saturated carbocycles. The average Bonchev–Trinajstić information content (AvgIpc) is 2.50. The van der Waals surface area contributed by atoms with Gasteiger partial charge in [-0.25, -0.2) is 0 Å². The van der Waals surface area contributed by atoms with Crippen LogP contribution in [0.3, 0.4) is 0 Å². The minimum Gasteiger partial charge on any atom is -0.151 e. The van der Waals surface area contributed by atoms with Crippen molar-refractivity contribution in [2.24, 2.45) is 5.18 Å². The summed E-state index contributed by atoms with van der Waals surface area (Å²) in [4.78, 5) is 10.6. The van der Waals surface area contributed by atoms with Crippen molar-refractivity contribution in [2.45, 2.75) is 116 Å². The molecule has 0 aliphatic carbocycles. The van der Waals surface area contributed by atoms with Gasteiger partial charge in [-0.3, -0.25) is 0 Å². The summed E-state index contributed by atoms with van der Waals surface area (Å²) in [6.45, 7) is 8.19. The van der Waals surface area contributed by atoms with Crippen LogP contribution in [0, 0.1) is 4.91 Å². The third-order valence-electron chi connectivity index (χ3n) is 4.41. The topological polar surface area (TPSA) is 29.4 Å². The maximum atomic E-state index is 10.6. The Morgan fingerprint density at radius 1 is 0.818 bits per heavy atom. The number of nitrogens with zero attached hydrogens (tertiary/aromatic N) is 1. The lowest BCUT2D eigenvalue weighted by Crippen LogP contribution is -2.02. The number of hydrogen-bond acceptors (Lipinski definition) is 2. The summed E-state index contributed by atoms with van der Waals surface area (Å²) in [6.07, 6.45) is 19.1. The number of nitroso groups, excluding NO2 is 1. The first-order valence-corrected chi connectivity index (χ1v) is 9.67. The van der Waals surface area contributed by atoms with Crippen molar-refractivity contribution in [1.29, 1.82) is 0 Å². The van der Waals surface area contributed by atoms with Crippen LogP contribution in [0.4, 0.5) is 0 Å². The van der Waals surface area contributed by atoms with Gasteiger partial charge in [-0.2, -0.15) is 4.91 Å². The molecule has 1 atom stereocenters. The summed E-state index contributed by atoms with van der Waals surface area (Å²) < 4.78 is 0. The first-order valence-electron chi connectivity index (χ1n) is 9.67. The van der Waals surface area contributed by atoms with E-state index in [4.69, 9.17) is 0 Å². The van der Waals surface area contributed by atoms with Crippen molar-refractivity contribution in [3.8, 4) is 0 Å². The summed E-state index contributed by atoms with van der Waals surface area (Å²) >= 11 is 0. The van der Waals surface area contributed by atoms with E-state index in [0.29, 0.717) is 0 Å². The van der Waals surface area contributed by atoms with Crippen LogP contribution in [0.5, 0.6) is 0 Å². The number of allylic oxidation sites excluding steroid dienone is 1. The molecule has 0 N–H and O–H groups in total. The van der Waals surface area contributed by atoms with Gasteiger partial charge in [0.05, 0.1) is 6.04 Å². The molecular weight excluding hydrogens is 270 g/mol. The van der Waals surface area contributed by atoms with E-state index in [-0.39, 0.29) is 6.04 Å². The van der Waals surface area contributed by atoms with Crippen molar-refractivity contribution in [3.05, 3.63) is 17.1 Å². The van der Waals surface area contributed by atoms with Crippen LogP contribution in [-0.4, -0.2) is 6.04 Å². The zero-order valence-corrected chi connectivity index (χ0v) is 15.2. The second-order valence-corrected chi connectivity index (χ2v) is 6.93. The highest BCUT2D eigenvalue weighted by Gasteiger charge is 2.06. The Morgan fingerprint density at radius 2 is 1.27 bits per heavy atom. The van der Waals surface area contributed by atoms with E-state index in [9.17, 15) is 4.91 Å². The second kappa shape index (κ2) is 16.7. The van der Waals surface area contributed by atoms with Crippen LogP contribution in [0.15, 0.2) is 17.3 Å². The molecule has 0 aromatic carbocycles. The third-order valence-corrected chi connectivity index (χ3v) is 4.41. The van der Waals surface area contributed by atoms with Crippen molar-refractivity contribution in [2.75, 3.05) is 0 Å². The van der Waals surface area contributed by atoms with Gasteiger partial charge in [-0.05, 0) is 32.6 Å². The van der Waals surface area contributed by atoms with Crippen LogP contribution in [0.1, 0.15) is 110 Å². The normalized spacial score (nSPS) is 12.3. The summed E-state index contributed by atoms with van der Waals surface area (Å²) in [5.74, 6) is 0. The SMILES string of the molecule is C=C(C)CCCCCCCCCCCCCC(CCC)N=O. The summed E-state index contributed by atoms with van der Waals surface area (Å²) in [5, 5.41) is 3.22. The lowest BCUT2D eigenvalue weighted by molar-refractivity contribution is 0.500. The number of hydrogen-bond donors (Lipinski definition) is 0. The smallest absolute Gasteiger partial charge is 0.0919 e. The van der Waals surface area contributed by atoms with E-state index in [1.165, 1.54) is 82.6 Å².